The Hall–Kier alpha value is -1.51. The topological polar surface area (TPSA) is 46.5 Å². The molecule has 0 unspecified atom stereocenters. The molecular formula is C12H14O3. The van der Waals surface area contributed by atoms with E-state index in [9.17, 15) is 9.90 Å². The largest absolute Gasteiger partial charge is 0.507 e. The summed E-state index contributed by atoms with van der Waals surface area (Å²) in [6.45, 7) is 5.72. The Kier molecular flexibility index (Phi) is 2.00. The van der Waals surface area contributed by atoms with Crippen LogP contribution in [0.1, 0.15) is 31.4 Å². The van der Waals surface area contributed by atoms with E-state index in [1.54, 1.807) is 12.1 Å². The lowest BCUT2D eigenvalue weighted by atomic mass is 9.78. The highest BCUT2D eigenvalue weighted by atomic mass is 16.5. The van der Waals surface area contributed by atoms with Crippen LogP contribution in [-0.4, -0.2) is 11.1 Å². The van der Waals surface area contributed by atoms with Crippen LogP contribution in [0.2, 0.25) is 0 Å². The van der Waals surface area contributed by atoms with Crippen LogP contribution in [0.5, 0.6) is 11.5 Å². The number of carbonyl (C=O) groups is 1. The Labute approximate surface area is 88.7 Å². The number of phenolic OH excluding ortho intramolecular Hbond substituents is 1. The molecule has 0 amide bonds. The molecule has 0 fully saturated rings. The minimum Gasteiger partial charge on any atom is -0.507 e. The smallest absolute Gasteiger partial charge is 0.312 e. The van der Waals surface area contributed by atoms with Crippen LogP contribution in [0, 0.1) is 6.92 Å². The van der Waals surface area contributed by atoms with Gasteiger partial charge in [0.05, 0.1) is 6.42 Å². The summed E-state index contributed by atoms with van der Waals surface area (Å²) < 4.78 is 5.13. The summed E-state index contributed by atoms with van der Waals surface area (Å²) in [6.07, 6.45) is 0.302. The number of rotatable bonds is 0. The van der Waals surface area contributed by atoms with Gasteiger partial charge in [0.2, 0.25) is 0 Å². The molecule has 0 bridgehead atoms. The zero-order valence-electron chi connectivity index (χ0n) is 9.13. The summed E-state index contributed by atoms with van der Waals surface area (Å²) in [5.41, 5.74) is 1.26. The zero-order valence-corrected chi connectivity index (χ0v) is 9.13. The summed E-state index contributed by atoms with van der Waals surface area (Å²) in [6, 6.07) is 3.48. The molecule has 80 valence electrons. The first kappa shape index (κ1) is 10.0. The van der Waals surface area contributed by atoms with Crippen LogP contribution in [-0.2, 0) is 10.2 Å². The van der Waals surface area contributed by atoms with Crippen molar-refractivity contribution < 1.29 is 14.6 Å². The van der Waals surface area contributed by atoms with Gasteiger partial charge in [0, 0.05) is 11.0 Å². The average molecular weight is 206 g/mol. The van der Waals surface area contributed by atoms with Crippen LogP contribution in [0.4, 0.5) is 0 Å². The van der Waals surface area contributed by atoms with Crippen LogP contribution < -0.4 is 4.74 Å². The molecule has 0 atom stereocenters. The van der Waals surface area contributed by atoms with Gasteiger partial charge in [-0.3, -0.25) is 4.79 Å². The molecule has 3 heteroatoms. The molecule has 0 aromatic heterocycles. The highest BCUT2D eigenvalue weighted by Gasteiger charge is 2.36. The Morgan fingerprint density at radius 2 is 2.07 bits per heavy atom. The van der Waals surface area contributed by atoms with Gasteiger partial charge in [-0.05, 0) is 24.6 Å². The zero-order chi connectivity index (χ0) is 11.2. The first-order valence-electron chi connectivity index (χ1n) is 4.95. The molecule has 1 N–H and O–H groups in total. The lowest BCUT2D eigenvalue weighted by Crippen LogP contribution is -2.30. The lowest BCUT2D eigenvalue weighted by molar-refractivity contribution is -0.136. The molecule has 15 heavy (non-hydrogen) atoms. The number of benzene rings is 1. The number of carbonyl (C=O) groups excluding carboxylic acids is 1. The minimum absolute atomic E-state index is 0.211. The molecule has 0 radical (unpaired) electrons. The maximum Gasteiger partial charge on any atom is 0.312 e. The SMILES string of the molecule is Cc1cc(O)c2c(c1)OC(=O)CC2(C)C. The van der Waals surface area contributed by atoms with Gasteiger partial charge in [-0.1, -0.05) is 13.8 Å². The maximum atomic E-state index is 11.4. The van der Waals surface area contributed by atoms with E-state index in [4.69, 9.17) is 4.74 Å². The number of hydrogen-bond acceptors (Lipinski definition) is 3. The Morgan fingerprint density at radius 3 is 2.73 bits per heavy atom. The van der Waals surface area contributed by atoms with Crippen molar-refractivity contribution in [2.75, 3.05) is 0 Å². The second-order valence-corrected chi connectivity index (χ2v) is 4.69. The van der Waals surface area contributed by atoms with Crippen LogP contribution in [0.25, 0.3) is 0 Å². The second kappa shape index (κ2) is 2.99. The molecule has 1 aromatic rings. The third-order valence-electron chi connectivity index (χ3n) is 2.71. The molecule has 3 nitrogen and oxygen atoms in total. The predicted octanol–water partition coefficient (Wildman–Crippen LogP) is 2.29. The van der Waals surface area contributed by atoms with Crippen molar-refractivity contribution in [3.8, 4) is 11.5 Å². The van der Waals surface area contributed by atoms with Crippen LogP contribution >= 0.6 is 0 Å². The van der Waals surface area contributed by atoms with E-state index in [1.165, 1.54) is 0 Å². The van der Waals surface area contributed by atoms with Gasteiger partial charge in [0.15, 0.2) is 0 Å². The van der Waals surface area contributed by atoms with E-state index < -0.39 is 0 Å². The standard InChI is InChI=1S/C12H14O3/c1-7-4-8(13)11-9(5-7)15-10(14)6-12(11,2)3/h4-5,13H,6H2,1-3H3. The van der Waals surface area contributed by atoms with Crippen molar-refractivity contribution in [1.82, 2.24) is 0 Å². The van der Waals surface area contributed by atoms with Gasteiger partial charge >= 0.3 is 5.97 Å². The summed E-state index contributed by atoms with van der Waals surface area (Å²) in [7, 11) is 0. The first-order chi connectivity index (χ1) is 6.90. The number of aryl methyl sites for hydroxylation is 1. The van der Waals surface area contributed by atoms with E-state index >= 15 is 0 Å². The maximum absolute atomic E-state index is 11.4. The number of fused-ring (bicyclic) bond motifs is 1. The van der Waals surface area contributed by atoms with Crippen molar-refractivity contribution in [2.24, 2.45) is 0 Å². The molecule has 0 spiro atoms. The number of ether oxygens (including phenoxy) is 1. The third kappa shape index (κ3) is 1.58. The normalized spacial score (nSPS) is 18.2. The van der Waals surface area contributed by atoms with Crippen molar-refractivity contribution in [2.45, 2.75) is 32.6 Å². The fraction of sp³-hybridized carbons (Fsp3) is 0.417. The van der Waals surface area contributed by atoms with Gasteiger partial charge < -0.3 is 9.84 Å². The van der Waals surface area contributed by atoms with E-state index in [2.05, 4.69) is 0 Å². The molecule has 0 saturated heterocycles. The molecule has 0 aliphatic carbocycles. The second-order valence-electron chi connectivity index (χ2n) is 4.69. The highest BCUT2D eigenvalue weighted by Crippen LogP contribution is 2.44. The molecule has 2 rings (SSSR count). The van der Waals surface area contributed by atoms with Crippen molar-refractivity contribution in [3.05, 3.63) is 23.3 Å². The Morgan fingerprint density at radius 1 is 1.40 bits per heavy atom. The van der Waals surface area contributed by atoms with Gasteiger partial charge in [-0.15, -0.1) is 0 Å². The van der Waals surface area contributed by atoms with E-state index in [0.29, 0.717) is 12.2 Å². The number of esters is 1. The first-order valence-corrected chi connectivity index (χ1v) is 4.95. The van der Waals surface area contributed by atoms with Gasteiger partial charge in [0.1, 0.15) is 11.5 Å². The Balaban J connectivity index is 2.67. The van der Waals surface area contributed by atoms with E-state index in [-0.39, 0.29) is 17.1 Å². The van der Waals surface area contributed by atoms with Crippen molar-refractivity contribution >= 4 is 5.97 Å². The summed E-state index contributed by atoms with van der Waals surface area (Å²) >= 11 is 0. The highest BCUT2D eigenvalue weighted by molar-refractivity contribution is 5.78. The monoisotopic (exact) mass is 206 g/mol. The van der Waals surface area contributed by atoms with Crippen molar-refractivity contribution in [1.29, 1.82) is 0 Å². The van der Waals surface area contributed by atoms with E-state index in [1.807, 2.05) is 20.8 Å². The minimum atomic E-state index is -0.359. The molecule has 0 saturated carbocycles. The van der Waals surface area contributed by atoms with Gasteiger partial charge in [-0.2, -0.15) is 0 Å². The number of aromatic hydroxyl groups is 1. The van der Waals surface area contributed by atoms with Crippen LogP contribution in [0.15, 0.2) is 12.1 Å². The molecule has 1 aliphatic heterocycles. The van der Waals surface area contributed by atoms with Gasteiger partial charge in [0.25, 0.3) is 0 Å². The van der Waals surface area contributed by atoms with Crippen LogP contribution in [0.3, 0.4) is 0 Å². The van der Waals surface area contributed by atoms with Gasteiger partial charge in [-0.25, -0.2) is 0 Å². The quantitative estimate of drug-likeness (QED) is 0.523. The summed E-state index contributed by atoms with van der Waals surface area (Å²) in [5.74, 6) is 0.466. The third-order valence-corrected chi connectivity index (χ3v) is 2.71. The van der Waals surface area contributed by atoms with E-state index in [0.717, 1.165) is 11.1 Å². The van der Waals surface area contributed by atoms with Crippen molar-refractivity contribution in [3.63, 3.8) is 0 Å². The molecular weight excluding hydrogens is 192 g/mol. The lowest BCUT2D eigenvalue weighted by Gasteiger charge is -2.31. The Bertz CT molecular complexity index is 433. The average Bonchev–Trinajstić information content (AvgIpc) is 1.97. The summed E-state index contributed by atoms with van der Waals surface area (Å²) in [5, 5.41) is 9.87. The predicted molar refractivity (Wildman–Crippen MR) is 56.1 cm³/mol. The molecule has 1 heterocycles. The number of hydrogen-bond donors (Lipinski definition) is 1. The molecule has 1 aromatic carbocycles. The summed E-state index contributed by atoms with van der Waals surface area (Å²) in [4.78, 5) is 11.4. The fourth-order valence-electron chi connectivity index (χ4n) is 2.10. The molecule has 1 aliphatic rings. The fourth-order valence-corrected chi connectivity index (χ4v) is 2.10. The number of phenols is 1.